The zero-order valence-corrected chi connectivity index (χ0v) is 14.1. The molecule has 24 heavy (non-hydrogen) atoms. The molecule has 0 saturated carbocycles. The Morgan fingerprint density at radius 1 is 1.25 bits per heavy atom. The van der Waals surface area contributed by atoms with Crippen LogP contribution in [0.25, 0.3) is 5.82 Å². The predicted octanol–water partition coefficient (Wildman–Crippen LogP) is 1.90. The van der Waals surface area contributed by atoms with E-state index in [1.54, 1.807) is 10.9 Å². The summed E-state index contributed by atoms with van der Waals surface area (Å²) in [7, 11) is 0. The first-order valence-corrected chi connectivity index (χ1v) is 8.65. The van der Waals surface area contributed by atoms with Crippen molar-refractivity contribution in [2.75, 3.05) is 0 Å². The fourth-order valence-electron chi connectivity index (χ4n) is 3.95. The first kappa shape index (κ1) is 15.3. The Hall–Kier alpha value is -2.21. The molecule has 4 heterocycles. The lowest BCUT2D eigenvalue weighted by Gasteiger charge is -2.29. The summed E-state index contributed by atoms with van der Waals surface area (Å²) in [6.45, 7) is 3.95. The Morgan fingerprint density at radius 3 is 2.58 bits per heavy atom. The molecule has 2 bridgehead atoms. The molecule has 2 fully saturated rings. The molecule has 2 unspecified atom stereocenters. The number of carbonyl (C=O) groups is 1. The van der Waals surface area contributed by atoms with Gasteiger partial charge in [-0.1, -0.05) is 0 Å². The summed E-state index contributed by atoms with van der Waals surface area (Å²) in [5.74, 6) is 0.700. The van der Waals surface area contributed by atoms with Crippen LogP contribution in [0.2, 0.25) is 0 Å². The monoisotopic (exact) mass is 325 g/mol. The van der Waals surface area contributed by atoms with Crippen LogP contribution in [-0.2, 0) is 0 Å². The molecule has 2 aromatic heterocycles. The van der Waals surface area contributed by atoms with Crippen LogP contribution in [0.5, 0.6) is 0 Å². The van der Waals surface area contributed by atoms with Crippen LogP contribution in [0.15, 0.2) is 24.4 Å². The van der Waals surface area contributed by atoms with E-state index in [9.17, 15) is 4.79 Å². The van der Waals surface area contributed by atoms with Gasteiger partial charge in [-0.2, -0.15) is 5.10 Å². The number of nitrogens with zero attached hydrogens (tertiary/aromatic N) is 3. The minimum absolute atomic E-state index is 0.0336. The summed E-state index contributed by atoms with van der Waals surface area (Å²) in [5, 5.41) is 11.2. The van der Waals surface area contributed by atoms with Gasteiger partial charge >= 0.3 is 0 Å². The quantitative estimate of drug-likeness (QED) is 0.904. The SMILES string of the molecule is Cc1cc(C)n(-c2ccc(C(=O)NC3CC4CCC(C3)N4)cn2)n1. The van der Waals surface area contributed by atoms with Crippen molar-refractivity contribution in [3.8, 4) is 5.82 Å². The van der Waals surface area contributed by atoms with Crippen molar-refractivity contribution in [2.24, 2.45) is 0 Å². The second-order valence-electron chi connectivity index (χ2n) is 7.02. The summed E-state index contributed by atoms with van der Waals surface area (Å²) in [6, 6.07) is 7.09. The topological polar surface area (TPSA) is 71.8 Å². The fraction of sp³-hybridized carbons (Fsp3) is 0.500. The number of nitrogens with one attached hydrogen (secondary N) is 2. The van der Waals surface area contributed by atoms with E-state index in [2.05, 4.69) is 20.7 Å². The maximum atomic E-state index is 12.5. The second-order valence-corrected chi connectivity index (χ2v) is 7.02. The lowest BCUT2D eigenvalue weighted by Crippen LogP contribution is -2.48. The third-order valence-electron chi connectivity index (χ3n) is 5.04. The van der Waals surface area contributed by atoms with Crippen LogP contribution in [0.1, 0.15) is 47.4 Å². The van der Waals surface area contributed by atoms with E-state index in [0.717, 1.165) is 30.0 Å². The normalized spacial score (nSPS) is 25.7. The number of rotatable bonds is 3. The number of amides is 1. The number of hydrogen-bond donors (Lipinski definition) is 2. The molecule has 6 heteroatoms. The molecule has 0 spiro atoms. The Labute approximate surface area is 141 Å². The van der Waals surface area contributed by atoms with E-state index in [4.69, 9.17) is 0 Å². The van der Waals surface area contributed by atoms with Crippen LogP contribution in [0, 0.1) is 13.8 Å². The van der Waals surface area contributed by atoms with Gasteiger partial charge in [0.05, 0.1) is 11.3 Å². The minimum atomic E-state index is -0.0336. The zero-order valence-electron chi connectivity index (χ0n) is 14.1. The van der Waals surface area contributed by atoms with Crippen molar-refractivity contribution < 1.29 is 4.79 Å². The molecule has 2 aromatic rings. The van der Waals surface area contributed by atoms with E-state index >= 15 is 0 Å². The minimum Gasteiger partial charge on any atom is -0.349 e. The van der Waals surface area contributed by atoms with Gasteiger partial charge in [-0.25, -0.2) is 9.67 Å². The Bertz CT molecular complexity index is 739. The highest BCUT2D eigenvalue weighted by molar-refractivity contribution is 5.94. The van der Waals surface area contributed by atoms with Crippen molar-refractivity contribution in [1.29, 1.82) is 0 Å². The number of aromatic nitrogens is 3. The van der Waals surface area contributed by atoms with Crippen molar-refractivity contribution in [3.05, 3.63) is 41.3 Å². The van der Waals surface area contributed by atoms with Gasteiger partial charge < -0.3 is 10.6 Å². The molecule has 0 radical (unpaired) electrons. The smallest absolute Gasteiger partial charge is 0.253 e. The molecule has 2 aliphatic rings. The molecular weight excluding hydrogens is 302 g/mol. The molecule has 126 valence electrons. The van der Waals surface area contributed by atoms with Gasteiger partial charge in [-0.05, 0) is 57.7 Å². The van der Waals surface area contributed by atoms with Crippen molar-refractivity contribution in [2.45, 2.75) is 57.7 Å². The van der Waals surface area contributed by atoms with E-state index in [1.807, 2.05) is 32.0 Å². The van der Waals surface area contributed by atoms with E-state index in [-0.39, 0.29) is 11.9 Å². The van der Waals surface area contributed by atoms with Crippen molar-refractivity contribution >= 4 is 5.91 Å². The van der Waals surface area contributed by atoms with E-state index in [0.29, 0.717) is 17.6 Å². The van der Waals surface area contributed by atoms with Gasteiger partial charge in [0, 0.05) is 30.0 Å². The van der Waals surface area contributed by atoms with Crippen molar-refractivity contribution in [1.82, 2.24) is 25.4 Å². The summed E-state index contributed by atoms with van der Waals surface area (Å²) >= 11 is 0. The molecule has 1 amide bonds. The number of fused-ring (bicyclic) bond motifs is 2. The van der Waals surface area contributed by atoms with E-state index < -0.39 is 0 Å². The van der Waals surface area contributed by atoms with Gasteiger partial charge in [0.25, 0.3) is 5.91 Å². The highest BCUT2D eigenvalue weighted by atomic mass is 16.1. The average Bonchev–Trinajstić information content (AvgIpc) is 3.08. The first-order valence-electron chi connectivity index (χ1n) is 8.65. The van der Waals surface area contributed by atoms with Gasteiger partial charge in [-0.3, -0.25) is 4.79 Å². The summed E-state index contributed by atoms with van der Waals surface area (Å²) in [6.07, 6.45) is 6.15. The van der Waals surface area contributed by atoms with Crippen LogP contribution >= 0.6 is 0 Å². The van der Waals surface area contributed by atoms with Gasteiger partial charge in [0.15, 0.2) is 5.82 Å². The lowest BCUT2D eigenvalue weighted by molar-refractivity contribution is 0.0923. The number of pyridine rings is 1. The standard InChI is InChI=1S/C18H23N5O/c1-11-7-12(2)23(22-11)17-6-3-13(10-19-17)18(24)21-16-8-14-4-5-15(9-16)20-14/h3,6-7,10,14-16,20H,4-5,8-9H2,1-2H3,(H,21,24). The van der Waals surface area contributed by atoms with Crippen LogP contribution in [0.4, 0.5) is 0 Å². The summed E-state index contributed by atoms with van der Waals surface area (Å²) in [4.78, 5) is 16.9. The average molecular weight is 325 g/mol. The number of carbonyl (C=O) groups excluding carboxylic acids is 1. The molecule has 0 aliphatic carbocycles. The summed E-state index contributed by atoms with van der Waals surface area (Å²) < 4.78 is 1.79. The van der Waals surface area contributed by atoms with Crippen LogP contribution < -0.4 is 10.6 Å². The highest BCUT2D eigenvalue weighted by Gasteiger charge is 2.34. The van der Waals surface area contributed by atoms with E-state index in [1.165, 1.54) is 12.8 Å². The molecule has 6 nitrogen and oxygen atoms in total. The Kier molecular flexibility index (Phi) is 3.84. The Morgan fingerprint density at radius 2 is 2.00 bits per heavy atom. The van der Waals surface area contributed by atoms with Crippen molar-refractivity contribution in [3.63, 3.8) is 0 Å². The predicted molar refractivity (Wildman–Crippen MR) is 91.3 cm³/mol. The molecule has 2 aliphatic heterocycles. The molecule has 4 rings (SSSR count). The number of aryl methyl sites for hydroxylation is 2. The number of piperidine rings is 1. The molecule has 2 saturated heterocycles. The Balaban J connectivity index is 1.44. The highest BCUT2D eigenvalue weighted by Crippen LogP contribution is 2.26. The third-order valence-corrected chi connectivity index (χ3v) is 5.04. The maximum Gasteiger partial charge on any atom is 0.253 e. The first-order chi connectivity index (χ1) is 11.6. The fourth-order valence-corrected chi connectivity index (χ4v) is 3.95. The third kappa shape index (κ3) is 2.94. The van der Waals surface area contributed by atoms with Crippen LogP contribution in [-0.4, -0.2) is 38.8 Å². The zero-order chi connectivity index (χ0) is 16.7. The summed E-state index contributed by atoms with van der Waals surface area (Å²) in [5.41, 5.74) is 2.59. The largest absolute Gasteiger partial charge is 0.349 e. The number of hydrogen-bond acceptors (Lipinski definition) is 4. The molecular formula is C18H23N5O. The van der Waals surface area contributed by atoms with Gasteiger partial charge in [-0.15, -0.1) is 0 Å². The van der Waals surface area contributed by atoms with Gasteiger partial charge in [0.2, 0.25) is 0 Å². The molecule has 0 aromatic carbocycles. The molecule has 2 atom stereocenters. The lowest BCUT2D eigenvalue weighted by atomic mass is 9.99. The molecule has 2 N–H and O–H groups in total. The van der Waals surface area contributed by atoms with Gasteiger partial charge in [0.1, 0.15) is 0 Å². The van der Waals surface area contributed by atoms with Crippen LogP contribution in [0.3, 0.4) is 0 Å². The maximum absolute atomic E-state index is 12.5. The second kappa shape index (κ2) is 6.02.